The Bertz CT molecular complexity index is 3170. The molecule has 0 bridgehead atoms. The lowest BCUT2D eigenvalue weighted by atomic mass is 9.79. The predicted molar refractivity (Wildman–Crippen MR) is 220 cm³/mol. The van der Waals surface area contributed by atoms with Gasteiger partial charge in [0.15, 0.2) is 17.5 Å². The Morgan fingerprint density at radius 2 is 1.02 bits per heavy atom. The van der Waals surface area contributed by atoms with Crippen LogP contribution < -0.4 is 0 Å². The van der Waals surface area contributed by atoms with Crippen LogP contribution in [0.25, 0.3) is 111 Å². The molecule has 2 aromatic heterocycles. The third-order valence-corrected chi connectivity index (χ3v) is 11.8. The number of benzene rings is 8. The predicted octanol–water partition coefficient (Wildman–Crippen LogP) is 13.0. The average molecular weight is 690 g/mol. The zero-order valence-electron chi connectivity index (χ0n) is 29.7. The van der Waals surface area contributed by atoms with Crippen LogP contribution in [0.15, 0.2) is 156 Å². The molecule has 2 aliphatic carbocycles. The van der Waals surface area contributed by atoms with Crippen molar-refractivity contribution >= 4 is 43.5 Å². The molecule has 8 aromatic carbocycles. The van der Waals surface area contributed by atoms with Crippen LogP contribution in [-0.2, 0) is 5.41 Å². The number of hydrogen-bond donors (Lipinski definition) is 0. The minimum atomic E-state index is -0.191. The maximum absolute atomic E-state index is 6.54. The summed E-state index contributed by atoms with van der Waals surface area (Å²) in [6.45, 7) is 4.76. The van der Waals surface area contributed by atoms with Crippen LogP contribution in [0.3, 0.4) is 0 Å². The van der Waals surface area contributed by atoms with Crippen LogP contribution in [-0.4, -0.2) is 15.0 Å². The molecular weight excluding hydrogens is 659 g/mol. The number of hydrogen-bond acceptors (Lipinski definition) is 4. The fraction of sp³-hybridized carbons (Fsp3) is 0.0600. The number of fused-ring (bicyclic) bond motifs is 2. The second-order valence-electron chi connectivity index (χ2n) is 15.1. The molecule has 0 radical (unpaired) electrons. The fourth-order valence-electron chi connectivity index (χ4n) is 9.33. The van der Waals surface area contributed by atoms with Gasteiger partial charge in [0.2, 0.25) is 0 Å². The maximum Gasteiger partial charge on any atom is 0.164 e. The highest BCUT2D eigenvalue weighted by atomic mass is 16.3. The first-order valence-electron chi connectivity index (χ1n) is 18.5. The molecule has 0 unspecified atom stereocenters. The van der Waals surface area contributed by atoms with E-state index < -0.39 is 0 Å². The van der Waals surface area contributed by atoms with Crippen LogP contribution in [0.1, 0.15) is 25.0 Å². The van der Waals surface area contributed by atoms with E-state index in [1.165, 1.54) is 66.1 Å². The van der Waals surface area contributed by atoms with Crippen LogP contribution >= 0.6 is 0 Å². The van der Waals surface area contributed by atoms with E-state index in [0.29, 0.717) is 17.5 Å². The molecule has 0 saturated carbocycles. The molecule has 10 aromatic rings. The topological polar surface area (TPSA) is 51.8 Å². The van der Waals surface area contributed by atoms with Gasteiger partial charge in [-0.15, -0.1) is 0 Å². The number of rotatable bonds is 4. The molecule has 252 valence electrons. The Kier molecular flexibility index (Phi) is 5.81. The lowest BCUT2D eigenvalue weighted by Gasteiger charge is -2.23. The molecule has 4 nitrogen and oxygen atoms in total. The van der Waals surface area contributed by atoms with Gasteiger partial charge in [0.25, 0.3) is 0 Å². The van der Waals surface area contributed by atoms with E-state index >= 15 is 0 Å². The quantitative estimate of drug-likeness (QED) is 0.185. The summed E-state index contributed by atoms with van der Waals surface area (Å²) in [5.41, 5.74) is 14.9. The van der Waals surface area contributed by atoms with E-state index in [1.54, 1.807) is 0 Å². The summed E-state index contributed by atoms with van der Waals surface area (Å²) in [6, 6.07) is 53.9. The zero-order chi connectivity index (χ0) is 35.7. The molecule has 12 rings (SSSR count). The van der Waals surface area contributed by atoms with Gasteiger partial charge in [-0.2, -0.15) is 0 Å². The molecule has 0 aliphatic heterocycles. The molecule has 2 aliphatic rings. The third kappa shape index (κ3) is 3.94. The number of aromatic nitrogens is 3. The first kappa shape index (κ1) is 29.6. The highest BCUT2D eigenvalue weighted by Crippen LogP contribution is 2.59. The summed E-state index contributed by atoms with van der Waals surface area (Å²) in [5.74, 6) is 1.96. The van der Waals surface area contributed by atoms with Gasteiger partial charge in [0.05, 0.1) is 0 Å². The first-order valence-corrected chi connectivity index (χ1v) is 18.5. The Morgan fingerprint density at radius 3 is 1.76 bits per heavy atom. The Labute approximate surface area is 311 Å². The molecule has 0 spiro atoms. The second-order valence-corrected chi connectivity index (χ2v) is 15.1. The number of nitrogens with zero attached hydrogens (tertiary/aromatic N) is 3. The molecule has 0 fully saturated rings. The van der Waals surface area contributed by atoms with E-state index in [1.807, 2.05) is 36.4 Å². The van der Waals surface area contributed by atoms with Crippen LogP contribution in [0.2, 0.25) is 0 Å². The van der Waals surface area contributed by atoms with Gasteiger partial charge in [0.1, 0.15) is 11.2 Å². The third-order valence-electron chi connectivity index (χ3n) is 11.8. The van der Waals surface area contributed by atoms with Crippen molar-refractivity contribution in [3.8, 4) is 67.5 Å². The highest BCUT2D eigenvalue weighted by Gasteiger charge is 2.40. The maximum atomic E-state index is 6.54. The lowest BCUT2D eigenvalue weighted by molar-refractivity contribution is 0.661. The van der Waals surface area contributed by atoms with Crippen molar-refractivity contribution in [3.05, 3.63) is 163 Å². The molecule has 0 saturated heterocycles. The van der Waals surface area contributed by atoms with Crippen molar-refractivity contribution in [2.45, 2.75) is 19.3 Å². The molecule has 4 heteroatoms. The Hall–Kier alpha value is -6.91. The monoisotopic (exact) mass is 689 g/mol. The summed E-state index contributed by atoms with van der Waals surface area (Å²) in [4.78, 5) is 15.2. The van der Waals surface area contributed by atoms with Gasteiger partial charge in [-0.25, -0.2) is 15.0 Å². The summed E-state index contributed by atoms with van der Waals surface area (Å²) < 4.78 is 6.54. The van der Waals surface area contributed by atoms with Crippen LogP contribution in [0.5, 0.6) is 0 Å². The van der Waals surface area contributed by atoms with Crippen molar-refractivity contribution in [2.75, 3.05) is 0 Å². The Balaban J connectivity index is 1.12. The smallest absolute Gasteiger partial charge is 0.164 e. The first-order chi connectivity index (χ1) is 26.5. The molecule has 54 heavy (non-hydrogen) atoms. The molecule has 0 atom stereocenters. The van der Waals surface area contributed by atoms with E-state index in [0.717, 1.165) is 38.6 Å². The van der Waals surface area contributed by atoms with E-state index in [9.17, 15) is 0 Å². The van der Waals surface area contributed by atoms with Gasteiger partial charge >= 0.3 is 0 Å². The summed E-state index contributed by atoms with van der Waals surface area (Å²) in [5, 5.41) is 7.25. The molecule has 0 N–H and O–H groups in total. The summed E-state index contributed by atoms with van der Waals surface area (Å²) in [6.07, 6.45) is 0. The van der Waals surface area contributed by atoms with Gasteiger partial charge in [-0.05, 0) is 84.9 Å². The van der Waals surface area contributed by atoms with Crippen molar-refractivity contribution in [1.82, 2.24) is 15.0 Å². The molecular formula is C50H31N3O. The zero-order valence-corrected chi connectivity index (χ0v) is 29.7. The second kappa shape index (κ2) is 10.6. The van der Waals surface area contributed by atoms with Crippen molar-refractivity contribution in [2.24, 2.45) is 0 Å². The minimum Gasteiger partial charge on any atom is -0.456 e. The fourth-order valence-corrected chi connectivity index (χ4v) is 9.33. The van der Waals surface area contributed by atoms with Gasteiger partial charge in [-0.1, -0.05) is 141 Å². The minimum absolute atomic E-state index is 0.191. The van der Waals surface area contributed by atoms with E-state index in [2.05, 4.69) is 129 Å². The standard InChI is InChI=1S/C50H31N3O/c1-50(2)38-24-22-28-23-25-41-46-42(28)45(38)43-37(35-19-11-21-40(54-41)44(35)46)26-31(27-39(43)50)32-16-9-18-34-33(32)17-10-20-36(34)49-52-47(29-12-5-3-6-13-29)51-48(53-49)30-14-7-4-8-15-30/h3-27H,1-2H3. The van der Waals surface area contributed by atoms with Gasteiger partial charge in [0, 0.05) is 38.3 Å². The van der Waals surface area contributed by atoms with E-state index in [4.69, 9.17) is 19.4 Å². The lowest BCUT2D eigenvalue weighted by Crippen LogP contribution is -2.15. The highest BCUT2D eigenvalue weighted by molar-refractivity contribution is 6.30. The number of furan rings is 1. The SMILES string of the molecule is CC1(C)c2cc(-c3cccc4c(-c5nc(-c6ccccc6)nc(-c6ccccc6)n5)cccc34)cc3c2-c2c1ccc1ccc4oc5cccc-3c5c4c21. The summed E-state index contributed by atoms with van der Waals surface area (Å²) in [7, 11) is 0. The van der Waals surface area contributed by atoms with Crippen molar-refractivity contribution in [1.29, 1.82) is 0 Å². The molecule has 2 heterocycles. The van der Waals surface area contributed by atoms with Gasteiger partial charge in [-0.3, -0.25) is 0 Å². The van der Waals surface area contributed by atoms with Crippen molar-refractivity contribution in [3.63, 3.8) is 0 Å². The van der Waals surface area contributed by atoms with Crippen molar-refractivity contribution < 1.29 is 4.42 Å². The summed E-state index contributed by atoms with van der Waals surface area (Å²) >= 11 is 0. The van der Waals surface area contributed by atoms with Crippen LogP contribution in [0.4, 0.5) is 0 Å². The van der Waals surface area contributed by atoms with Crippen LogP contribution in [0, 0.1) is 0 Å². The van der Waals surface area contributed by atoms with E-state index in [-0.39, 0.29) is 5.41 Å². The largest absolute Gasteiger partial charge is 0.456 e. The average Bonchev–Trinajstić information content (AvgIpc) is 3.68. The Morgan fingerprint density at radius 1 is 0.407 bits per heavy atom. The van der Waals surface area contributed by atoms with Gasteiger partial charge < -0.3 is 4.42 Å². The normalized spacial score (nSPS) is 13.5. The molecule has 0 amide bonds.